The largest absolute Gasteiger partial charge is 0.457 e. The quantitative estimate of drug-likeness (QED) is 0.238. The first-order chi connectivity index (χ1) is 19.1. The molecule has 6 aromatic carbocycles. The van der Waals surface area contributed by atoms with Crippen LogP contribution in [0, 0.1) is 0 Å². The Labute approximate surface area is 225 Å². The van der Waals surface area contributed by atoms with Gasteiger partial charge >= 0.3 is 0 Å². The van der Waals surface area contributed by atoms with Crippen LogP contribution >= 0.6 is 0 Å². The first-order valence-corrected chi connectivity index (χ1v) is 12.6. The molecule has 39 heavy (non-hydrogen) atoms. The zero-order valence-electron chi connectivity index (χ0n) is 20.9. The fourth-order valence-electron chi connectivity index (χ4n) is 4.59. The number of hydrogen-bond donors (Lipinski definition) is 2. The van der Waals surface area contributed by atoms with Crippen molar-refractivity contribution < 1.29 is 14.3 Å². The van der Waals surface area contributed by atoms with Crippen molar-refractivity contribution in [3.05, 3.63) is 145 Å². The van der Waals surface area contributed by atoms with E-state index in [0.29, 0.717) is 34.0 Å². The molecular weight excluding hydrogens is 484 g/mol. The zero-order valence-corrected chi connectivity index (χ0v) is 20.9. The van der Waals surface area contributed by atoms with Gasteiger partial charge in [-0.3, -0.25) is 9.59 Å². The summed E-state index contributed by atoms with van der Waals surface area (Å²) >= 11 is 0. The maximum Gasteiger partial charge on any atom is 0.256 e. The van der Waals surface area contributed by atoms with E-state index < -0.39 is 0 Å². The van der Waals surface area contributed by atoms with Crippen LogP contribution in [0.2, 0.25) is 0 Å². The van der Waals surface area contributed by atoms with Crippen LogP contribution in [0.15, 0.2) is 133 Å². The lowest BCUT2D eigenvalue weighted by molar-refractivity contribution is 0.102. The van der Waals surface area contributed by atoms with Gasteiger partial charge in [0.05, 0.1) is 0 Å². The highest BCUT2D eigenvalue weighted by molar-refractivity contribution is 6.13. The Kier molecular flexibility index (Phi) is 6.46. The number of carbonyl (C=O) groups excluding carboxylic acids is 2. The molecule has 0 aliphatic rings. The normalized spacial score (nSPS) is 10.8. The average molecular weight is 509 g/mol. The fourth-order valence-corrected chi connectivity index (χ4v) is 4.59. The van der Waals surface area contributed by atoms with Gasteiger partial charge < -0.3 is 15.4 Å². The van der Waals surface area contributed by atoms with Crippen molar-refractivity contribution in [1.29, 1.82) is 0 Å². The molecule has 188 valence electrons. The summed E-state index contributed by atoms with van der Waals surface area (Å²) < 4.78 is 5.96. The highest BCUT2D eigenvalue weighted by Gasteiger charge is 2.11. The van der Waals surface area contributed by atoms with Gasteiger partial charge in [-0.25, -0.2) is 0 Å². The summed E-state index contributed by atoms with van der Waals surface area (Å²) in [6.07, 6.45) is 0. The lowest BCUT2D eigenvalue weighted by atomic mass is 10.0. The fraction of sp³-hybridized carbons (Fsp3) is 0. The molecule has 0 aromatic heterocycles. The van der Waals surface area contributed by atoms with E-state index in [-0.39, 0.29) is 11.8 Å². The molecule has 0 radical (unpaired) electrons. The average Bonchev–Trinajstić information content (AvgIpc) is 2.98. The Balaban J connectivity index is 1.09. The van der Waals surface area contributed by atoms with Crippen LogP contribution in [0.3, 0.4) is 0 Å². The van der Waals surface area contributed by atoms with Crippen molar-refractivity contribution in [2.75, 3.05) is 10.6 Å². The van der Waals surface area contributed by atoms with E-state index >= 15 is 0 Å². The molecule has 0 fully saturated rings. The van der Waals surface area contributed by atoms with Crippen LogP contribution in [0.4, 0.5) is 11.4 Å². The molecule has 6 aromatic rings. The summed E-state index contributed by atoms with van der Waals surface area (Å²) in [7, 11) is 0. The predicted octanol–water partition coefficient (Wildman–Crippen LogP) is 8.29. The summed E-state index contributed by atoms with van der Waals surface area (Å²) in [6.45, 7) is 0. The van der Waals surface area contributed by atoms with Crippen LogP contribution in [-0.4, -0.2) is 11.8 Å². The van der Waals surface area contributed by atoms with E-state index in [1.807, 2.05) is 84.9 Å². The molecule has 0 aliphatic heterocycles. The van der Waals surface area contributed by atoms with E-state index in [4.69, 9.17) is 4.74 Å². The molecule has 0 aliphatic carbocycles. The van der Waals surface area contributed by atoms with Crippen molar-refractivity contribution in [3.63, 3.8) is 0 Å². The molecule has 5 heteroatoms. The van der Waals surface area contributed by atoms with Crippen LogP contribution in [0.1, 0.15) is 20.7 Å². The van der Waals surface area contributed by atoms with Crippen LogP contribution in [-0.2, 0) is 0 Å². The van der Waals surface area contributed by atoms with Crippen molar-refractivity contribution >= 4 is 44.7 Å². The van der Waals surface area contributed by atoms with E-state index in [0.717, 1.165) is 21.5 Å². The summed E-state index contributed by atoms with van der Waals surface area (Å²) in [5.41, 5.74) is 2.60. The summed E-state index contributed by atoms with van der Waals surface area (Å²) in [6, 6.07) is 41.4. The number of fused-ring (bicyclic) bond motifs is 2. The van der Waals surface area contributed by atoms with Gasteiger partial charge in [0.25, 0.3) is 11.8 Å². The van der Waals surface area contributed by atoms with Gasteiger partial charge in [-0.1, -0.05) is 72.8 Å². The summed E-state index contributed by atoms with van der Waals surface area (Å²) in [5.74, 6) is 0.930. The number of benzene rings is 6. The van der Waals surface area contributed by atoms with Gasteiger partial charge in [-0.05, 0) is 82.2 Å². The van der Waals surface area contributed by atoms with Crippen molar-refractivity contribution in [3.8, 4) is 11.5 Å². The highest BCUT2D eigenvalue weighted by Crippen LogP contribution is 2.26. The molecule has 2 N–H and O–H groups in total. The van der Waals surface area contributed by atoms with Gasteiger partial charge in [-0.15, -0.1) is 0 Å². The molecule has 6 rings (SSSR count). The molecule has 5 nitrogen and oxygen atoms in total. The van der Waals surface area contributed by atoms with Crippen molar-refractivity contribution in [1.82, 2.24) is 0 Å². The Morgan fingerprint density at radius 3 is 1.26 bits per heavy atom. The van der Waals surface area contributed by atoms with Gasteiger partial charge in [0, 0.05) is 22.5 Å². The minimum Gasteiger partial charge on any atom is -0.457 e. The third kappa shape index (κ3) is 5.20. The van der Waals surface area contributed by atoms with Gasteiger partial charge in [0.1, 0.15) is 11.5 Å². The molecule has 0 bridgehead atoms. The number of amides is 2. The SMILES string of the molecule is O=C(Nc1ccc(Oc2ccc(NC(=O)c3cccc4ccccc34)cc2)cc1)c1cccc2ccccc12. The smallest absolute Gasteiger partial charge is 0.256 e. The van der Waals surface area contributed by atoms with Crippen LogP contribution in [0.25, 0.3) is 21.5 Å². The van der Waals surface area contributed by atoms with E-state index in [9.17, 15) is 9.59 Å². The topological polar surface area (TPSA) is 67.4 Å². The lowest BCUT2D eigenvalue weighted by Crippen LogP contribution is -2.12. The summed E-state index contributed by atoms with van der Waals surface area (Å²) in [4.78, 5) is 25.8. The standard InChI is InChI=1S/C34H24N2O3/c37-33(31-13-5-9-23-7-1-3-11-29(23)31)35-25-15-19-27(20-16-25)39-28-21-17-26(18-22-28)36-34(38)32-14-6-10-24-8-2-4-12-30(24)32/h1-22H,(H,35,37)(H,36,38). The Bertz CT molecular complexity index is 1660. The van der Waals surface area contributed by atoms with Crippen LogP contribution in [0.5, 0.6) is 11.5 Å². The second kappa shape index (κ2) is 10.5. The van der Waals surface area contributed by atoms with E-state index in [1.54, 1.807) is 48.5 Å². The van der Waals surface area contributed by atoms with Crippen molar-refractivity contribution in [2.45, 2.75) is 0 Å². The number of nitrogens with one attached hydrogen (secondary N) is 2. The molecule has 0 unspecified atom stereocenters. The van der Waals surface area contributed by atoms with Crippen LogP contribution < -0.4 is 15.4 Å². The Hall–Kier alpha value is -5.42. The molecule has 0 spiro atoms. The number of carbonyl (C=O) groups is 2. The van der Waals surface area contributed by atoms with Crippen molar-refractivity contribution in [2.24, 2.45) is 0 Å². The first-order valence-electron chi connectivity index (χ1n) is 12.6. The molecule has 0 saturated carbocycles. The van der Waals surface area contributed by atoms with E-state index in [2.05, 4.69) is 10.6 Å². The zero-order chi connectivity index (χ0) is 26.6. The predicted molar refractivity (Wildman–Crippen MR) is 157 cm³/mol. The monoisotopic (exact) mass is 508 g/mol. The Morgan fingerprint density at radius 1 is 0.436 bits per heavy atom. The number of rotatable bonds is 6. The molecule has 0 heterocycles. The van der Waals surface area contributed by atoms with Gasteiger partial charge in [0.15, 0.2) is 0 Å². The second-order valence-electron chi connectivity index (χ2n) is 9.11. The maximum absolute atomic E-state index is 12.9. The number of anilines is 2. The third-order valence-corrected chi connectivity index (χ3v) is 6.53. The van der Waals surface area contributed by atoms with Gasteiger partial charge in [-0.2, -0.15) is 0 Å². The highest BCUT2D eigenvalue weighted by atomic mass is 16.5. The number of ether oxygens (including phenoxy) is 1. The molecule has 2 amide bonds. The first kappa shape index (κ1) is 23.9. The molecule has 0 saturated heterocycles. The van der Waals surface area contributed by atoms with E-state index in [1.165, 1.54) is 0 Å². The minimum absolute atomic E-state index is 0.165. The third-order valence-electron chi connectivity index (χ3n) is 6.53. The van der Waals surface area contributed by atoms with Gasteiger partial charge in [0.2, 0.25) is 0 Å². The molecule has 0 atom stereocenters. The second-order valence-corrected chi connectivity index (χ2v) is 9.11. The lowest BCUT2D eigenvalue weighted by Gasteiger charge is -2.11. The maximum atomic E-state index is 12.9. The minimum atomic E-state index is -0.165. The molecular formula is C34H24N2O3. The summed E-state index contributed by atoms with van der Waals surface area (Å²) in [5, 5.41) is 9.78. The number of hydrogen-bond acceptors (Lipinski definition) is 3. The Morgan fingerprint density at radius 2 is 0.821 bits per heavy atom.